The number of nitro benzene ring substituents is 1. The van der Waals surface area contributed by atoms with Gasteiger partial charge >= 0.3 is 0 Å². The second-order valence-electron chi connectivity index (χ2n) is 4.22. The van der Waals surface area contributed by atoms with Gasteiger partial charge < -0.3 is 10.1 Å². The molecule has 6 nitrogen and oxygen atoms in total. The molecule has 0 spiro atoms. The van der Waals surface area contributed by atoms with Crippen molar-refractivity contribution in [1.29, 1.82) is 0 Å². The molecule has 0 saturated heterocycles. The molecule has 1 amide bonds. The Bertz CT molecular complexity index is 706. The highest BCUT2D eigenvalue weighted by molar-refractivity contribution is 6.31. The van der Waals surface area contributed by atoms with Crippen LogP contribution < -0.4 is 10.1 Å². The van der Waals surface area contributed by atoms with Crippen molar-refractivity contribution in [2.24, 2.45) is 0 Å². The minimum Gasteiger partial charge on any atom is -0.484 e. The Morgan fingerprint density at radius 1 is 1.27 bits per heavy atom. The predicted octanol–water partition coefficient (Wildman–Crippen LogP) is 3.40. The minimum atomic E-state index is -0.582. The van der Waals surface area contributed by atoms with Gasteiger partial charge in [-0.2, -0.15) is 0 Å². The monoisotopic (exact) mass is 324 g/mol. The summed E-state index contributed by atoms with van der Waals surface area (Å²) in [5.41, 5.74) is 0.265. The van der Waals surface area contributed by atoms with Crippen LogP contribution in [-0.4, -0.2) is 17.4 Å². The normalized spacial score (nSPS) is 10.1. The summed E-state index contributed by atoms with van der Waals surface area (Å²) in [5.74, 6) is -0.735. The minimum absolute atomic E-state index is 0.0715. The first-order chi connectivity index (χ1) is 10.5. The van der Waals surface area contributed by atoms with Gasteiger partial charge in [0, 0.05) is 17.8 Å². The molecule has 114 valence electrons. The van der Waals surface area contributed by atoms with E-state index in [1.807, 2.05) is 0 Å². The number of amides is 1. The topological polar surface area (TPSA) is 81.5 Å². The van der Waals surface area contributed by atoms with Gasteiger partial charge in [0.25, 0.3) is 11.6 Å². The maximum atomic E-state index is 13.0. The molecule has 2 aromatic carbocycles. The van der Waals surface area contributed by atoms with Crippen LogP contribution in [0.1, 0.15) is 0 Å². The fourth-order valence-electron chi connectivity index (χ4n) is 1.58. The Balaban J connectivity index is 1.89. The van der Waals surface area contributed by atoms with Gasteiger partial charge in [-0.3, -0.25) is 14.9 Å². The molecular formula is C14H10ClFN2O4. The summed E-state index contributed by atoms with van der Waals surface area (Å²) in [7, 11) is 0. The highest BCUT2D eigenvalue weighted by Crippen LogP contribution is 2.20. The number of anilines is 1. The molecule has 8 heteroatoms. The molecule has 0 aliphatic heterocycles. The Morgan fingerprint density at radius 2 is 1.95 bits per heavy atom. The number of halogens is 2. The first kappa shape index (κ1) is 15.7. The van der Waals surface area contributed by atoms with Gasteiger partial charge in [-0.15, -0.1) is 0 Å². The first-order valence-electron chi connectivity index (χ1n) is 6.08. The summed E-state index contributed by atoms with van der Waals surface area (Å²) in [6.45, 7) is -0.299. The van der Waals surface area contributed by atoms with Crippen LogP contribution in [0.25, 0.3) is 0 Å². The zero-order valence-corrected chi connectivity index (χ0v) is 11.8. The summed E-state index contributed by atoms with van der Waals surface area (Å²) in [6.07, 6.45) is 0. The highest BCUT2D eigenvalue weighted by Gasteiger charge is 2.08. The molecule has 0 heterocycles. The summed E-state index contributed by atoms with van der Waals surface area (Å²) in [5, 5.41) is 12.9. The molecule has 0 aliphatic rings. The van der Waals surface area contributed by atoms with E-state index in [0.717, 1.165) is 6.07 Å². The zero-order valence-electron chi connectivity index (χ0n) is 11.1. The molecule has 2 aromatic rings. The van der Waals surface area contributed by atoms with Crippen molar-refractivity contribution in [3.63, 3.8) is 0 Å². The Hall–Kier alpha value is -2.67. The van der Waals surface area contributed by atoms with Gasteiger partial charge in [-0.1, -0.05) is 11.6 Å². The molecule has 2 rings (SSSR count). The molecule has 1 N–H and O–H groups in total. The van der Waals surface area contributed by atoms with E-state index >= 15 is 0 Å². The van der Waals surface area contributed by atoms with E-state index in [4.69, 9.17) is 16.3 Å². The lowest BCUT2D eigenvalue weighted by Gasteiger charge is -2.08. The third kappa shape index (κ3) is 4.16. The fraction of sp³-hybridized carbons (Fsp3) is 0.0714. The molecule has 0 fully saturated rings. The van der Waals surface area contributed by atoms with Crippen LogP contribution in [0.15, 0.2) is 42.5 Å². The summed E-state index contributed by atoms with van der Waals surface area (Å²) < 4.78 is 18.2. The van der Waals surface area contributed by atoms with Crippen molar-refractivity contribution in [3.8, 4) is 5.75 Å². The van der Waals surface area contributed by atoms with Crippen LogP contribution in [0.4, 0.5) is 15.8 Å². The molecule has 0 atom stereocenters. The van der Waals surface area contributed by atoms with Crippen LogP contribution in [0.5, 0.6) is 5.75 Å². The number of rotatable bonds is 5. The maximum absolute atomic E-state index is 13.0. The van der Waals surface area contributed by atoms with Gasteiger partial charge in [0.05, 0.1) is 9.95 Å². The number of nitrogens with zero attached hydrogens (tertiary/aromatic N) is 1. The number of hydrogen-bond donors (Lipinski definition) is 1. The van der Waals surface area contributed by atoms with Crippen molar-refractivity contribution in [2.75, 3.05) is 11.9 Å². The largest absolute Gasteiger partial charge is 0.484 e. The number of hydrogen-bond acceptors (Lipinski definition) is 4. The van der Waals surface area contributed by atoms with Crippen LogP contribution in [0.3, 0.4) is 0 Å². The number of carbonyl (C=O) groups is 1. The number of nitrogens with one attached hydrogen (secondary N) is 1. The van der Waals surface area contributed by atoms with Crippen LogP contribution >= 0.6 is 11.6 Å². The van der Waals surface area contributed by atoms with Gasteiger partial charge in [-0.05, 0) is 30.3 Å². The van der Waals surface area contributed by atoms with E-state index in [0.29, 0.717) is 11.4 Å². The quantitative estimate of drug-likeness (QED) is 0.675. The van der Waals surface area contributed by atoms with E-state index < -0.39 is 16.6 Å². The second kappa shape index (κ2) is 6.86. The lowest BCUT2D eigenvalue weighted by atomic mass is 10.3. The molecule has 0 aromatic heterocycles. The number of carbonyl (C=O) groups excluding carboxylic acids is 1. The fourth-order valence-corrected chi connectivity index (χ4v) is 1.76. The smallest absolute Gasteiger partial charge is 0.269 e. The van der Waals surface area contributed by atoms with E-state index in [1.165, 1.54) is 36.4 Å². The van der Waals surface area contributed by atoms with E-state index in [-0.39, 0.29) is 17.3 Å². The third-order valence-electron chi connectivity index (χ3n) is 2.62. The average molecular weight is 325 g/mol. The molecule has 0 saturated carbocycles. The van der Waals surface area contributed by atoms with Crippen molar-refractivity contribution in [2.45, 2.75) is 0 Å². The Labute approximate surface area is 129 Å². The molecule has 0 aliphatic carbocycles. The van der Waals surface area contributed by atoms with Crippen LogP contribution in [0.2, 0.25) is 5.02 Å². The number of non-ortho nitro benzene ring substituents is 1. The molecular weight excluding hydrogens is 315 g/mol. The molecule has 22 heavy (non-hydrogen) atoms. The number of benzene rings is 2. The SMILES string of the molecule is O=C(COc1ccc([N+](=O)[O-])cc1)Nc1ccc(F)c(Cl)c1. The first-order valence-corrected chi connectivity index (χ1v) is 6.45. The van der Waals surface area contributed by atoms with Gasteiger partial charge in [0.15, 0.2) is 6.61 Å². The Morgan fingerprint density at radius 3 is 2.55 bits per heavy atom. The number of ether oxygens (including phenoxy) is 1. The van der Waals surface area contributed by atoms with Crippen molar-refractivity contribution < 1.29 is 18.8 Å². The van der Waals surface area contributed by atoms with Crippen LogP contribution in [0, 0.1) is 15.9 Å². The molecule has 0 bridgehead atoms. The lowest BCUT2D eigenvalue weighted by Crippen LogP contribution is -2.20. The van der Waals surface area contributed by atoms with Crippen molar-refractivity contribution in [3.05, 3.63) is 63.4 Å². The summed E-state index contributed by atoms with van der Waals surface area (Å²) in [4.78, 5) is 21.6. The van der Waals surface area contributed by atoms with Gasteiger partial charge in [0.2, 0.25) is 0 Å². The number of nitro groups is 1. The second-order valence-corrected chi connectivity index (χ2v) is 4.62. The Kier molecular flexibility index (Phi) is 4.90. The predicted molar refractivity (Wildman–Crippen MR) is 78.6 cm³/mol. The summed E-state index contributed by atoms with van der Waals surface area (Å²) in [6, 6.07) is 9.10. The van der Waals surface area contributed by atoms with E-state index in [9.17, 15) is 19.3 Å². The summed E-state index contributed by atoms with van der Waals surface area (Å²) >= 11 is 5.60. The third-order valence-corrected chi connectivity index (χ3v) is 2.91. The van der Waals surface area contributed by atoms with Crippen molar-refractivity contribution in [1.82, 2.24) is 0 Å². The average Bonchev–Trinajstić information content (AvgIpc) is 2.49. The lowest BCUT2D eigenvalue weighted by molar-refractivity contribution is -0.384. The zero-order chi connectivity index (χ0) is 16.1. The highest BCUT2D eigenvalue weighted by atomic mass is 35.5. The van der Waals surface area contributed by atoms with Gasteiger partial charge in [-0.25, -0.2) is 4.39 Å². The van der Waals surface area contributed by atoms with E-state index in [1.54, 1.807) is 0 Å². The molecule has 0 unspecified atom stereocenters. The van der Waals surface area contributed by atoms with E-state index in [2.05, 4.69) is 5.32 Å². The van der Waals surface area contributed by atoms with Crippen molar-refractivity contribution >= 4 is 28.9 Å². The standard InChI is InChI=1S/C14H10ClFN2O4/c15-12-7-9(1-6-13(12)16)17-14(19)8-22-11-4-2-10(3-5-11)18(20)21/h1-7H,8H2,(H,17,19). The van der Waals surface area contributed by atoms with Crippen LogP contribution in [-0.2, 0) is 4.79 Å². The maximum Gasteiger partial charge on any atom is 0.269 e. The van der Waals surface area contributed by atoms with Gasteiger partial charge in [0.1, 0.15) is 11.6 Å². The molecule has 0 radical (unpaired) electrons.